The maximum absolute atomic E-state index is 13.2. The molecule has 3 N–H and O–H groups in total. The quantitative estimate of drug-likeness (QED) is 0.532. The van der Waals surface area contributed by atoms with E-state index in [0.717, 1.165) is 35.2 Å². The first-order valence-electron chi connectivity index (χ1n) is 11.0. The third-order valence-corrected chi connectivity index (χ3v) is 7.88. The summed E-state index contributed by atoms with van der Waals surface area (Å²) in [5.74, 6) is -0.313. The van der Waals surface area contributed by atoms with Crippen molar-refractivity contribution in [2.75, 3.05) is 19.6 Å². The number of piperidine rings is 1. The first-order valence-corrected chi connectivity index (χ1v) is 13.5. The average Bonchev–Trinajstić information content (AvgIpc) is 3.39. The van der Waals surface area contributed by atoms with E-state index in [4.69, 9.17) is 5.14 Å². The summed E-state index contributed by atoms with van der Waals surface area (Å²) in [6.07, 6.45) is 2.12. The van der Waals surface area contributed by atoms with Gasteiger partial charge in [0.1, 0.15) is 5.69 Å². The number of likely N-dealkylation sites (tertiary alicyclic amines) is 1. The fourth-order valence-electron chi connectivity index (χ4n) is 4.35. The third kappa shape index (κ3) is 5.13. The monoisotopic (exact) mass is 488 g/mol. The number of primary sulfonamides is 1. The smallest absolute Gasteiger partial charge is 0.270 e. The molecule has 2 amide bonds. The normalized spacial score (nSPS) is 16.8. The van der Waals surface area contributed by atoms with Gasteiger partial charge in [-0.1, -0.05) is 12.1 Å². The molecule has 0 bridgehead atoms. The van der Waals surface area contributed by atoms with E-state index in [0.29, 0.717) is 31.7 Å². The summed E-state index contributed by atoms with van der Waals surface area (Å²) < 4.78 is 25.8. The number of amides is 2. The van der Waals surface area contributed by atoms with Crippen LogP contribution in [-0.4, -0.2) is 49.3 Å². The Hall–Kier alpha value is -2.69. The van der Waals surface area contributed by atoms with Gasteiger partial charge in [-0.15, -0.1) is 11.3 Å². The average molecular weight is 489 g/mol. The van der Waals surface area contributed by atoms with Crippen molar-refractivity contribution >= 4 is 43.4 Å². The van der Waals surface area contributed by atoms with Crippen molar-refractivity contribution in [3.8, 4) is 0 Å². The van der Waals surface area contributed by atoms with Gasteiger partial charge >= 0.3 is 0 Å². The van der Waals surface area contributed by atoms with Crippen molar-refractivity contribution in [1.29, 1.82) is 0 Å². The zero-order valence-corrected chi connectivity index (χ0v) is 20.1. The number of nitrogens with one attached hydrogen (secondary N) is 1. The van der Waals surface area contributed by atoms with Crippen LogP contribution in [0.3, 0.4) is 0 Å². The molecule has 0 radical (unpaired) electrons. The number of thiophene rings is 1. The Morgan fingerprint density at radius 2 is 1.97 bits per heavy atom. The number of fused-ring (bicyclic) bond motifs is 1. The number of carbonyl (C=O) groups is 2. The molecule has 0 saturated carbocycles. The number of hydrogen-bond acceptors (Lipinski definition) is 5. The number of nitrogens with two attached hydrogens (primary N) is 1. The molecule has 4 rings (SSSR count). The van der Waals surface area contributed by atoms with Gasteiger partial charge in [-0.3, -0.25) is 9.59 Å². The van der Waals surface area contributed by atoms with Crippen LogP contribution >= 0.6 is 11.3 Å². The molecule has 8 nitrogen and oxygen atoms in total. The standard InChI is InChI=1S/C23H28N4O4S2/c1-2-27-19-10-13-32-21(19)14-20(27)23(29)26-12-3-4-17(15-26)22(28)25-11-9-16-5-7-18(8-6-16)33(24,30)31/h5-8,10,13-14,17H,2-4,9,11-12,15H2,1H3,(H,25,28)(H2,24,30,31)/t17-/m1/s1. The number of sulfonamides is 1. The lowest BCUT2D eigenvalue weighted by atomic mass is 9.96. The topological polar surface area (TPSA) is 114 Å². The summed E-state index contributed by atoms with van der Waals surface area (Å²) in [5.41, 5.74) is 2.67. The van der Waals surface area contributed by atoms with Gasteiger partial charge in [0.2, 0.25) is 15.9 Å². The molecule has 33 heavy (non-hydrogen) atoms. The molecular weight excluding hydrogens is 460 g/mol. The summed E-state index contributed by atoms with van der Waals surface area (Å²) in [7, 11) is -3.71. The number of carbonyl (C=O) groups excluding carboxylic acids is 2. The molecule has 0 unspecified atom stereocenters. The lowest BCUT2D eigenvalue weighted by molar-refractivity contribution is -0.126. The molecule has 0 spiro atoms. The van der Waals surface area contributed by atoms with Crippen molar-refractivity contribution in [2.24, 2.45) is 11.1 Å². The van der Waals surface area contributed by atoms with Gasteiger partial charge in [-0.2, -0.15) is 0 Å². The highest BCUT2D eigenvalue weighted by Gasteiger charge is 2.30. The van der Waals surface area contributed by atoms with E-state index in [9.17, 15) is 18.0 Å². The highest BCUT2D eigenvalue weighted by atomic mass is 32.2. The van der Waals surface area contributed by atoms with E-state index >= 15 is 0 Å². The van der Waals surface area contributed by atoms with Crippen LogP contribution in [0.15, 0.2) is 46.7 Å². The lowest BCUT2D eigenvalue weighted by Crippen LogP contribution is -2.46. The van der Waals surface area contributed by atoms with Gasteiger partial charge in [0.25, 0.3) is 5.91 Å². The summed E-state index contributed by atoms with van der Waals surface area (Å²) in [5, 5.41) is 10.1. The second kappa shape index (κ2) is 9.66. The van der Waals surface area contributed by atoms with Crippen LogP contribution in [0.1, 0.15) is 35.8 Å². The zero-order chi connectivity index (χ0) is 23.6. The molecule has 176 valence electrons. The Morgan fingerprint density at radius 1 is 1.21 bits per heavy atom. The van der Waals surface area contributed by atoms with E-state index in [1.807, 2.05) is 29.0 Å². The second-order valence-electron chi connectivity index (χ2n) is 8.26. The number of nitrogens with zero attached hydrogens (tertiary/aromatic N) is 2. The number of aryl methyl sites for hydroxylation is 1. The summed E-state index contributed by atoms with van der Waals surface area (Å²) in [4.78, 5) is 27.9. The Morgan fingerprint density at radius 3 is 2.67 bits per heavy atom. The van der Waals surface area contributed by atoms with Gasteiger partial charge < -0.3 is 14.8 Å². The van der Waals surface area contributed by atoms with Crippen LogP contribution in [0.4, 0.5) is 0 Å². The van der Waals surface area contributed by atoms with Crippen molar-refractivity contribution < 1.29 is 18.0 Å². The summed E-state index contributed by atoms with van der Waals surface area (Å²) in [6.45, 7) is 4.25. The predicted molar refractivity (Wildman–Crippen MR) is 129 cm³/mol. The Balaban J connectivity index is 1.33. The van der Waals surface area contributed by atoms with E-state index < -0.39 is 10.0 Å². The van der Waals surface area contributed by atoms with Crippen LogP contribution in [-0.2, 0) is 27.8 Å². The largest absolute Gasteiger partial charge is 0.355 e. The van der Waals surface area contributed by atoms with Gasteiger partial charge in [0.15, 0.2) is 0 Å². The molecule has 3 aromatic rings. The number of benzene rings is 1. The molecule has 1 atom stereocenters. The molecule has 1 saturated heterocycles. The van der Waals surface area contributed by atoms with Crippen molar-refractivity contribution in [2.45, 2.75) is 37.6 Å². The molecule has 3 heterocycles. The number of aromatic nitrogens is 1. The Bertz CT molecular complexity index is 1260. The number of hydrogen-bond donors (Lipinski definition) is 2. The summed E-state index contributed by atoms with van der Waals surface area (Å²) >= 11 is 1.62. The molecule has 2 aromatic heterocycles. The fraction of sp³-hybridized carbons (Fsp3) is 0.391. The van der Waals surface area contributed by atoms with E-state index in [-0.39, 0.29) is 22.6 Å². The van der Waals surface area contributed by atoms with E-state index in [1.165, 1.54) is 12.1 Å². The third-order valence-electron chi connectivity index (χ3n) is 6.10. The number of rotatable bonds is 7. The molecule has 1 fully saturated rings. The van der Waals surface area contributed by atoms with Crippen molar-refractivity contribution in [1.82, 2.24) is 14.8 Å². The van der Waals surface area contributed by atoms with Crippen molar-refractivity contribution in [3.05, 3.63) is 53.0 Å². The molecule has 1 aromatic carbocycles. The minimum Gasteiger partial charge on any atom is -0.355 e. The SMILES string of the molecule is CCn1c(C(=O)N2CCC[C@@H](C(=O)NCCc3ccc(S(N)(=O)=O)cc3)C2)cc2sccc21. The molecule has 1 aliphatic rings. The predicted octanol–water partition coefficient (Wildman–Crippen LogP) is 2.58. The first kappa shape index (κ1) is 23.5. The Kier molecular flexibility index (Phi) is 6.87. The highest BCUT2D eigenvalue weighted by Crippen LogP contribution is 2.27. The van der Waals surface area contributed by atoms with Gasteiger partial charge in [-0.25, -0.2) is 13.6 Å². The maximum atomic E-state index is 13.2. The molecular formula is C23H28N4O4S2. The molecule has 1 aliphatic heterocycles. The van der Waals surface area contributed by atoms with Crippen LogP contribution in [0.25, 0.3) is 10.2 Å². The van der Waals surface area contributed by atoms with Crippen LogP contribution in [0.5, 0.6) is 0 Å². The van der Waals surface area contributed by atoms with Gasteiger partial charge in [-0.05, 0) is 61.4 Å². The minimum absolute atomic E-state index is 0.0207. The molecule has 10 heteroatoms. The highest BCUT2D eigenvalue weighted by molar-refractivity contribution is 7.89. The Labute approximate surface area is 197 Å². The van der Waals surface area contributed by atoms with Gasteiger partial charge in [0.05, 0.1) is 21.0 Å². The van der Waals surface area contributed by atoms with Gasteiger partial charge in [0, 0.05) is 26.2 Å². The molecule has 0 aliphatic carbocycles. The van der Waals surface area contributed by atoms with E-state index in [2.05, 4.69) is 5.32 Å². The minimum atomic E-state index is -3.71. The van der Waals surface area contributed by atoms with Crippen LogP contribution in [0, 0.1) is 5.92 Å². The van der Waals surface area contributed by atoms with Crippen LogP contribution < -0.4 is 10.5 Å². The zero-order valence-electron chi connectivity index (χ0n) is 18.5. The van der Waals surface area contributed by atoms with Crippen LogP contribution in [0.2, 0.25) is 0 Å². The second-order valence-corrected chi connectivity index (χ2v) is 10.8. The fourth-order valence-corrected chi connectivity index (χ4v) is 5.69. The lowest BCUT2D eigenvalue weighted by Gasteiger charge is -2.32. The van der Waals surface area contributed by atoms with E-state index in [1.54, 1.807) is 28.4 Å². The maximum Gasteiger partial charge on any atom is 0.270 e. The summed E-state index contributed by atoms with van der Waals surface area (Å²) in [6, 6.07) is 10.3. The first-order chi connectivity index (χ1) is 15.8. The van der Waals surface area contributed by atoms with Crippen molar-refractivity contribution in [3.63, 3.8) is 0 Å².